The van der Waals surface area contributed by atoms with Gasteiger partial charge in [0.2, 0.25) is 0 Å². The first-order chi connectivity index (χ1) is 10.3. The maximum Gasteiger partial charge on any atom is 0.119 e. The number of rotatable bonds is 8. The van der Waals surface area contributed by atoms with Gasteiger partial charge in [0, 0.05) is 18.4 Å². The van der Waals surface area contributed by atoms with Crippen LogP contribution in [0.4, 0.5) is 5.69 Å². The molecule has 4 nitrogen and oxygen atoms in total. The smallest absolute Gasteiger partial charge is 0.119 e. The standard InChI is InChI=1S/C17H22N2O2/c1-3-8-18-15-7-9-19-16(11-15)13-21-12-14-5-4-6-17(10-14)20-2/h4-7,9-11H,3,8,12-13H2,1-2H3,(H,18,19). The molecule has 1 aromatic heterocycles. The van der Waals surface area contributed by atoms with Gasteiger partial charge in [-0.2, -0.15) is 0 Å². The predicted molar refractivity (Wildman–Crippen MR) is 84.5 cm³/mol. The molecule has 0 saturated heterocycles. The molecular weight excluding hydrogens is 264 g/mol. The van der Waals surface area contributed by atoms with Crippen LogP contribution in [0.3, 0.4) is 0 Å². The van der Waals surface area contributed by atoms with Crippen molar-refractivity contribution in [2.24, 2.45) is 0 Å². The summed E-state index contributed by atoms with van der Waals surface area (Å²) in [6, 6.07) is 11.9. The monoisotopic (exact) mass is 286 g/mol. The number of nitrogens with one attached hydrogen (secondary N) is 1. The molecule has 112 valence electrons. The summed E-state index contributed by atoms with van der Waals surface area (Å²) >= 11 is 0. The van der Waals surface area contributed by atoms with Crippen LogP contribution in [-0.2, 0) is 18.0 Å². The van der Waals surface area contributed by atoms with Gasteiger partial charge in [-0.3, -0.25) is 4.98 Å². The zero-order valence-corrected chi connectivity index (χ0v) is 12.6. The van der Waals surface area contributed by atoms with E-state index < -0.39 is 0 Å². The van der Waals surface area contributed by atoms with Crippen LogP contribution in [0, 0.1) is 0 Å². The van der Waals surface area contributed by atoms with Gasteiger partial charge in [-0.25, -0.2) is 0 Å². The van der Waals surface area contributed by atoms with E-state index in [2.05, 4.69) is 17.2 Å². The van der Waals surface area contributed by atoms with Crippen molar-refractivity contribution < 1.29 is 9.47 Å². The minimum atomic E-state index is 0.499. The molecule has 0 unspecified atom stereocenters. The molecule has 1 N–H and O–H groups in total. The van der Waals surface area contributed by atoms with Crippen LogP contribution in [0.1, 0.15) is 24.6 Å². The van der Waals surface area contributed by atoms with E-state index in [9.17, 15) is 0 Å². The highest BCUT2D eigenvalue weighted by molar-refractivity contribution is 5.42. The van der Waals surface area contributed by atoms with Crippen LogP contribution in [-0.4, -0.2) is 18.6 Å². The van der Waals surface area contributed by atoms with Gasteiger partial charge < -0.3 is 14.8 Å². The maximum absolute atomic E-state index is 5.72. The van der Waals surface area contributed by atoms with E-state index in [0.717, 1.165) is 35.7 Å². The van der Waals surface area contributed by atoms with E-state index in [1.807, 2.05) is 42.6 Å². The molecule has 0 fully saturated rings. The van der Waals surface area contributed by atoms with Gasteiger partial charge >= 0.3 is 0 Å². The highest BCUT2D eigenvalue weighted by Gasteiger charge is 2.00. The molecule has 2 rings (SSSR count). The van der Waals surface area contributed by atoms with Crippen molar-refractivity contribution in [3.63, 3.8) is 0 Å². The van der Waals surface area contributed by atoms with Crippen LogP contribution in [0.5, 0.6) is 5.75 Å². The third kappa shape index (κ3) is 5.08. The molecule has 1 heterocycles. The van der Waals surface area contributed by atoms with Crippen molar-refractivity contribution in [2.75, 3.05) is 19.0 Å². The molecule has 0 aliphatic rings. The van der Waals surface area contributed by atoms with Crippen LogP contribution in [0.25, 0.3) is 0 Å². The fourth-order valence-electron chi connectivity index (χ4n) is 1.97. The molecule has 0 aliphatic carbocycles. The summed E-state index contributed by atoms with van der Waals surface area (Å²) in [4.78, 5) is 4.32. The number of anilines is 1. The Labute approximate surface area is 126 Å². The van der Waals surface area contributed by atoms with E-state index >= 15 is 0 Å². The zero-order chi connectivity index (χ0) is 14.9. The highest BCUT2D eigenvalue weighted by atomic mass is 16.5. The molecule has 0 aliphatic heterocycles. The van der Waals surface area contributed by atoms with Crippen molar-refractivity contribution in [2.45, 2.75) is 26.6 Å². The second kappa shape index (κ2) is 8.27. The lowest BCUT2D eigenvalue weighted by atomic mass is 10.2. The third-order valence-electron chi connectivity index (χ3n) is 3.05. The molecule has 4 heteroatoms. The van der Waals surface area contributed by atoms with Gasteiger partial charge in [0.05, 0.1) is 26.0 Å². The number of nitrogens with zero attached hydrogens (tertiary/aromatic N) is 1. The van der Waals surface area contributed by atoms with Crippen molar-refractivity contribution in [3.8, 4) is 5.75 Å². The summed E-state index contributed by atoms with van der Waals surface area (Å²) in [5.41, 5.74) is 3.11. The Morgan fingerprint density at radius 3 is 2.86 bits per heavy atom. The Balaban J connectivity index is 1.85. The molecule has 0 saturated carbocycles. The molecule has 2 aromatic rings. The average Bonchev–Trinajstić information content (AvgIpc) is 2.53. The van der Waals surface area contributed by atoms with Crippen molar-refractivity contribution >= 4 is 5.69 Å². The van der Waals surface area contributed by atoms with E-state index in [0.29, 0.717) is 13.2 Å². The summed E-state index contributed by atoms with van der Waals surface area (Å²) < 4.78 is 10.9. The number of hydrogen-bond donors (Lipinski definition) is 1. The van der Waals surface area contributed by atoms with Gasteiger partial charge in [0.1, 0.15) is 5.75 Å². The average molecular weight is 286 g/mol. The lowest BCUT2D eigenvalue weighted by Gasteiger charge is -2.08. The van der Waals surface area contributed by atoms with E-state index in [1.165, 1.54) is 0 Å². The summed E-state index contributed by atoms with van der Waals surface area (Å²) in [6.45, 7) is 4.16. The Morgan fingerprint density at radius 2 is 2.05 bits per heavy atom. The fourth-order valence-corrected chi connectivity index (χ4v) is 1.97. The fraction of sp³-hybridized carbons (Fsp3) is 0.353. The summed E-state index contributed by atoms with van der Waals surface area (Å²) in [5.74, 6) is 0.847. The van der Waals surface area contributed by atoms with Gasteiger partial charge in [-0.15, -0.1) is 0 Å². The zero-order valence-electron chi connectivity index (χ0n) is 12.6. The first-order valence-corrected chi connectivity index (χ1v) is 7.21. The van der Waals surface area contributed by atoms with Crippen LogP contribution in [0.2, 0.25) is 0 Å². The molecule has 0 amide bonds. The summed E-state index contributed by atoms with van der Waals surface area (Å²) in [5, 5.41) is 3.35. The van der Waals surface area contributed by atoms with Gasteiger partial charge in [0.15, 0.2) is 0 Å². The molecular formula is C17H22N2O2. The van der Waals surface area contributed by atoms with Crippen LogP contribution in [0.15, 0.2) is 42.6 Å². The molecule has 0 radical (unpaired) electrons. The SMILES string of the molecule is CCCNc1ccnc(COCc2cccc(OC)c2)c1. The first kappa shape index (κ1) is 15.3. The highest BCUT2D eigenvalue weighted by Crippen LogP contribution is 2.14. The van der Waals surface area contributed by atoms with E-state index in [-0.39, 0.29) is 0 Å². The minimum absolute atomic E-state index is 0.499. The number of methoxy groups -OCH3 is 1. The lowest BCUT2D eigenvalue weighted by Crippen LogP contribution is -2.02. The number of hydrogen-bond acceptors (Lipinski definition) is 4. The second-order valence-electron chi connectivity index (χ2n) is 4.81. The topological polar surface area (TPSA) is 43.4 Å². The van der Waals surface area contributed by atoms with Crippen molar-refractivity contribution in [1.29, 1.82) is 0 Å². The normalized spacial score (nSPS) is 10.4. The van der Waals surface area contributed by atoms with Crippen molar-refractivity contribution in [3.05, 3.63) is 53.9 Å². The summed E-state index contributed by atoms with van der Waals surface area (Å²) in [7, 11) is 1.67. The van der Waals surface area contributed by atoms with E-state index in [1.54, 1.807) is 7.11 Å². The van der Waals surface area contributed by atoms with Crippen molar-refractivity contribution in [1.82, 2.24) is 4.98 Å². The molecule has 21 heavy (non-hydrogen) atoms. The summed E-state index contributed by atoms with van der Waals surface area (Å²) in [6.07, 6.45) is 2.91. The first-order valence-electron chi connectivity index (χ1n) is 7.21. The molecule has 0 bridgehead atoms. The Bertz CT molecular complexity index is 558. The Kier molecular flexibility index (Phi) is 6.03. The molecule has 0 spiro atoms. The lowest BCUT2D eigenvalue weighted by molar-refractivity contribution is 0.104. The molecule has 1 aromatic carbocycles. The quantitative estimate of drug-likeness (QED) is 0.804. The third-order valence-corrected chi connectivity index (χ3v) is 3.05. The largest absolute Gasteiger partial charge is 0.497 e. The van der Waals surface area contributed by atoms with Crippen LogP contribution >= 0.6 is 0 Å². The van der Waals surface area contributed by atoms with Crippen LogP contribution < -0.4 is 10.1 Å². The second-order valence-corrected chi connectivity index (χ2v) is 4.81. The van der Waals surface area contributed by atoms with E-state index in [4.69, 9.17) is 9.47 Å². The maximum atomic E-state index is 5.72. The van der Waals surface area contributed by atoms with Gasteiger partial charge in [-0.1, -0.05) is 19.1 Å². The number of pyridine rings is 1. The minimum Gasteiger partial charge on any atom is -0.497 e. The van der Waals surface area contributed by atoms with Gasteiger partial charge in [-0.05, 0) is 36.2 Å². The van der Waals surface area contributed by atoms with Gasteiger partial charge in [0.25, 0.3) is 0 Å². The number of ether oxygens (including phenoxy) is 2. The Hall–Kier alpha value is -2.07. The molecule has 0 atom stereocenters. The Morgan fingerprint density at radius 1 is 1.14 bits per heavy atom. The predicted octanol–water partition coefficient (Wildman–Crippen LogP) is 3.63. The number of aromatic nitrogens is 1. The number of benzene rings is 1.